The predicted molar refractivity (Wildman–Crippen MR) is 85.4 cm³/mol. The maximum atomic E-state index is 5.90. The van der Waals surface area contributed by atoms with Crippen molar-refractivity contribution in [3.63, 3.8) is 0 Å². The molecule has 1 aliphatic rings. The first-order chi connectivity index (χ1) is 10.1. The Labute approximate surface area is 126 Å². The van der Waals surface area contributed by atoms with Crippen LogP contribution < -0.4 is 5.73 Å². The molecule has 2 heterocycles. The van der Waals surface area contributed by atoms with Crippen molar-refractivity contribution in [2.24, 2.45) is 11.1 Å². The number of rotatable bonds is 4. The number of hydrogen-bond donors (Lipinski definition) is 1. The topological polar surface area (TPSA) is 47.1 Å². The summed E-state index contributed by atoms with van der Waals surface area (Å²) in [5.74, 6) is 1.04. The Morgan fingerprint density at radius 3 is 2.71 bits per heavy atom. The van der Waals surface area contributed by atoms with Crippen molar-refractivity contribution in [1.82, 2.24) is 14.5 Å². The van der Waals surface area contributed by atoms with Crippen molar-refractivity contribution in [1.29, 1.82) is 0 Å². The van der Waals surface area contributed by atoms with E-state index in [1.54, 1.807) is 0 Å². The summed E-state index contributed by atoms with van der Waals surface area (Å²) in [5, 5.41) is 0. The number of aromatic nitrogens is 2. The van der Waals surface area contributed by atoms with Crippen molar-refractivity contribution in [3.8, 4) is 5.69 Å². The van der Waals surface area contributed by atoms with Crippen LogP contribution in [0.25, 0.3) is 5.69 Å². The van der Waals surface area contributed by atoms with Crippen LogP contribution in [0.2, 0.25) is 0 Å². The van der Waals surface area contributed by atoms with E-state index < -0.39 is 0 Å². The minimum Gasteiger partial charge on any atom is -0.330 e. The highest BCUT2D eigenvalue weighted by Gasteiger charge is 2.32. The van der Waals surface area contributed by atoms with Crippen LogP contribution >= 0.6 is 0 Å². The smallest absolute Gasteiger partial charge is 0.110 e. The van der Waals surface area contributed by atoms with Gasteiger partial charge in [0.15, 0.2) is 0 Å². The molecule has 0 amide bonds. The van der Waals surface area contributed by atoms with Gasteiger partial charge in [-0.05, 0) is 44.0 Å². The lowest BCUT2D eigenvalue weighted by Gasteiger charge is -2.23. The normalized spacial score (nSPS) is 22.8. The van der Waals surface area contributed by atoms with Gasteiger partial charge in [-0.2, -0.15) is 0 Å². The zero-order valence-electron chi connectivity index (χ0n) is 12.9. The van der Waals surface area contributed by atoms with Gasteiger partial charge in [0.25, 0.3) is 0 Å². The number of likely N-dealkylation sites (tertiary alicyclic amines) is 1. The van der Waals surface area contributed by atoms with Crippen molar-refractivity contribution in [2.75, 3.05) is 19.6 Å². The largest absolute Gasteiger partial charge is 0.330 e. The van der Waals surface area contributed by atoms with E-state index in [0.717, 1.165) is 32.0 Å². The third-order valence-corrected chi connectivity index (χ3v) is 4.54. The standard InChI is InChI=1S/C17H24N4/c1-14-19-10-16(21(14)15-6-4-3-5-7-15)11-20-9-8-17(2,12-18)13-20/h3-7,10H,8-9,11-13,18H2,1-2H3. The van der Waals surface area contributed by atoms with E-state index in [4.69, 9.17) is 5.73 Å². The molecule has 1 saturated heterocycles. The summed E-state index contributed by atoms with van der Waals surface area (Å²) in [6.45, 7) is 8.23. The lowest BCUT2D eigenvalue weighted by atomic mass is 9.90. The molecule has 112 valence electrons. The second kappa shape index (κ2) is 5.62. The van der Waals surface area contributed by atoms with Crippen LogP contribution in [-0.2, 0) is 6.54 Å². The van der Waals surface area contributed by atoms with Crippen LogP contribution in [0.5, 0.6) is 0 Å². The number of nitrogens with two attached hydrogens (primary N) is 1. The molecule has 0 aliphatic carbocycles. The fourth-order valence-corrected chi connectivity index (χ4v) is 3.19. The molecule has 2 N–H and O–H groups in total. The Balaban J connectivity index is 1.82. The van der Waals surface area contributed by atoms with Gasteiger partial charge in [-0.3, -0.25) is 9.47 Å². The number of aryl methyl sites for hydroxylation is 1. The van der Waals surface area contributed by atoms with Gasteiger partial charge in [-0.1, -0.05) is 25.1 Å². The Hall–Kier alpha value is -1.65. The van der Waals surface area contributed by atoms with E-state index in [-0.39, 0.29) is 5.41 Å². The van der Waals surface area contributed by atoms with Crippen LogP contribution in [0.15, 0.2) is 36.5 Å². The van der Waals surface area contributed by atoms with E-state index in [2.05, 4.69) is 52.6 Å². The Kier molecular flexibility index (Phi) is 3.83. The van der Waals surface area contributed by atoms with Gasteiger partial charge in [0, 0.05) is 18.8 Å². The molecule has 4 heteroatoms. The fraction of sp³-hybridized carbons (Fsp3) is 0.471. The number of hydrogen-bond acceptors (Lipinski definition) is 3. The Morgan fingerprint density at radius 1 is 1.29 bits per heavy atom. The number of imidazole rings is 1. The molecule has 0 radical (unpaired) electrons. The summed E-state index contributed by atoms with van der Waals surface area (Å²) in [6, 6.07) is 10.4. The van der Waals surface area contributed by atoms with Gasteiger partial charge in [0.05, 0.1) is 11.9 Å². The summed E-state index contributed by atoms with van der Waals surface area (Å²) in [4.78, 5) is 6.99. The Morgan fingerprint density at radius 2 is 2.05 bits per heavy atom. The maximum Gasteiger partial charge on any atom is 0.110 e. The zero-order chi connectivity index (χ0) is 14.9. The molecule has 0 bridgehead atoms. The molecule has 2 aromatic rings. The minimum atomic E-state index is 0.270. The SMILES string of the molecule is Cc1ncc(CN2CCC(C)(CN)C2)n1-c1ccccc1. The van der Waals surface area contributed by atoms with Crippen molar-refractivity contribution >= 4 is 0 Å². The van der Waals surface area contributed by atoms with Crippen LogP contribution in [0.4, 0.5) is 0 Å². The van der Waals surface area contributed by atoms with E-state index in [9.17, 15) is 0 Å². The van der Waals surface area contributed by atoms with Gasteiger partial charge < -0.3 is 5.73 Å². The summed E-state index contributed by atoms with van der Waals surface area (Å²) in [6.07, 6.45) is 3.18. The van der Waals surface area contributed by atoms with E-state index in [0.29, 0.717) is 0 Å². The molecule has 1 fully saturated rings. The van der Waals surface area contributed by atoms with E-state index in [1.165, 1.54) is 17.8 Å². The van der Waals surface area contributed by atoms with Crippen molar-refractivity contribution in [3.05, 3.63) is 48.0 Å². The monoisotopic (exact) mass is 284 g/mol. The molecular weight excluding hydrogens is 260 g/mol. The average molecular weight is 284 g/mol. The molecule has 21 heavy (non-hydrogen) atoms. The summed E-state index contributed by atoms with van der Waals surface area (Å²) in [7, 11) is 0. The third-order valence-electron chi connectivity index (χ3n) is 4.54. The number of para-hydroxylation sites is 1. The molecule has 1 atom stereocenters. The molecule has 0 spiro atoms. The molecule has 4 nitrogen and oxygen atoms in total. The molecule has 3 rings (SSSR count). The van der Waals surface area contributed by atoms with Gasteiger partial charge in [-0.15, -0.1) is 0 Å². The second-order valence-electron chi connectivity index (χ2n) is 6.44. The first-order valence-corrected chi connectivity index (χ1v) is 7.62. The maximum absolute atomic E-state index is 5.90. The zero-order valence-corrected chi connectivity index (χ0v) is 12.9. The van der Waals surface area contributed by atoms with Crippen LogP contribution in [0.3, 0.4) is 0 Å². The summed E-state index contributed by atoms with van der Waals surface area (Å²) in [5.41, 5.74) is 8.61. The highest BCUT2D eigenvalue weighted by Crippen LogP contribution is 2.29. The Bertz CT molecular complexity index is 605. The molecule has 1 aromatic carbocycles. The van der Waals surface area contributed by atoms with Crippen LogP contribution in [0, 0.1) is 12.3 Å². The van der Waals surface area contributed by atoms with Crippen LogP contribution in [-0.4, -0.2) is 34.1 Å². The molecule has 0 saturated carbocycles. The molecule has 1 unspecified atom stereocenters. The second-order valence-corrected chi connectivity index (χ2v) is 6.44. The van der Waals surface area contributed by atoms with Gasteiger partial charge in [0.2, 0.25) is 0 Å². The lowest BCUT2D eigenvalue weighted by molar-refractivity contribution is 0.271. The number of nitrogens with zero attached hydrogens (tertiary/aromatic N) is 3. The van der Waals surface area contributed by atoms with Gasteiger partial charge in [0.1, 0.15) is 5.82 Å². The summed E-state index contributed by atoms with van der Waals surface area (Å²) < 4.78 is 2.25. The van der Waals surface area contributed by atoms with Crippen molar-refractivity contribution in [2.45, 2.75) is 26.8 Å². The van der Waals surface area contributed by atoms with Crippen molar-refractivity contribution < 1.29 is 0 Å². The average Bonchev–Trinajstić information content (AvgIpc) is 3.05. The van der Waals surface area contributed by atoms with Gasteiger partial charge in [-0.25, -0.2) is 4.98 Å². The molecular formula is C17H24N4. The van der Waals surface area contributed by atoms with Crippen LogP contribution in [0.1, 0.15) is 24.9 Å². The van der Waals surface area contributed by atoms with E-state index in [1.807, 2.05) is 12.3 Å². The highest BCUT2D eigenvalue weighted by molar-refractivity contribution is 5.35. The first-order valence-electron chi connectivity index (χ1n) is 7.62. The first kappa shape index (κ1) is 14.3. The van der Waals surface area contributed by atoms with Gasteiger partial charge >= 0.3 is 0 Å². The molecule has 1 aromatic heterocycles. The predicted octanol–water partition coefficient (Wildman–Crippen LogP) is 2.35. The van der Waals surface area contributed by atoms with E-state index >= 15 is 0 Å². The minimum absolute atomic E-state index is 0.270. The summed E-state index contributed by atoms with van der Waals surface area (Å²) >= 11 is 0. The lowest BCUT2D eigenvalue weighted by Crippen LogP contribution is -2.31. The fourth-order valence-electron chi connectivity index (χ4n) is 3.19. The number of benzene rings is 1. The highest BCUT2D eigenvalue weighted by atomic mass is 15.2. The third kappa shape index (κ3) is 2.87. The molecule has 1 aliphatic heterocycles. The quantitative estimate of drug-likeness (QED) is 0.937.